The molecule has 1 aliphatic carbocycles. The third-order valence-corrected chi connectivity index (χ3v) is 10.9. The Labute approximate surface area is 297 Å². The molecule has 0 radical (unpaired) electrons. The fourth-order valence-corrected chi connectivity index (χ4v) is 8.35. The molecule has 1 heterocycles. The molecule has 1 aromatic heterocycles. The van der Waals surface area contributed by atoms with Gasteiger partial charge in [0.05, 0.1) is 11.4 Å². The van der Waals surface area contributed by atoms with E-state index in [0.29, 0.717) is 0 Å². The summed E-state index contributed by atoms with van der Waals surface area (Å²) in [5.41, 5.74) is 15.0. The third kappa shape index (κ3) is 4.57. The maximum atomic E-state index is 6.84. The van der Waals surface area contributed by atoms with Crippen molar-refractivity contribution >= 4 is 49.8 Å². The molecule has 0 atom stereocenters. The average molecular weight is 654 g/mol. The van der Waals surface area contributed by atoms with Crippen molar-refractivity contribution in [1.29, 1.82) is 0 Å². The summed E-state index contributed by atoms with van der Waals surface area (Å²) in [6, 6.07) is 63.5. The van der Waals surface area contributed by atoms with Crippen LogP contribution in [-0.2, 0) is 5.41 Å². The van der Waals surface area contributed by atoms with E-state index in [1.165, 1.54) is 55.3 Å². The van der Waals surface area contributed by atoms with Gasteiger partial charge in [-0.05, 0) is 80.0 Å². The average Bonchev–Trinajstić information content (AvgIpc) is 3.69. The van der Waals surface area contributed by atoms with Crippen molar-refractivity contribution in [2.75, 3.05) is 4.90 Å². The van der Waals surface area contributed by atoms with Crippen LogP contribution in [0, 0.1) is 0 Å². The summed E-state index contributed by atoms with van der Waals surface area (Å²) in [5, 5.41) is 4.69. The van der Waals surface area contributed by atoms with Gasteiger partial charge in [-0.2, -0.15) is 0 Å². The van der Waals surface area contributed by atoms with Gasteiger partial charge in [0.25, 0.3) is 0 Å². The van der Waals surface area contributed by atoms with E-state index < -0.39 is 0 Å². The standard InChI is InChI=1S/C49H35NO/c1-49(2)41-18-9-8-16-39(41)47-42(49)19-11-20-43(47)50(37-29-26-35(27-30-37)34-24-22-33(23-25-34)32-12-4-3-5-13-32)44-21-10-17-40-46-38-15-7-6-14-36(38)28-31-45(46)51-48(40)44/h3-31H,1-2H3. The fraction of sp³-hybridized carbons (Fsp3) is 0.0612. The van der Waals surface area contributed by atoms with Gasteiger partial charge in [0.1, 0.15) is 5.58 Å². The Morgan fingerprint density at radius 3 is 1.82 bits per heavy atom. The molecular weight excluding hydrogens is 619 g/mol. The van der Waals surface area contributed by atoms with E-state index in [4.69, 9.17) is 4.42 Å². The molecule has 0 fully saturated rings. The predicted octanol–water partition coefficient (Wildman–Crippen LogP) is 13.8. The lowest BCUT2D eigenvalue weighted by Crippen LogP contribution is -2.16. The lowest BCUT2D eigenvalue weighted by molar-refractivity contribution is 0.660. The summed E-state index contributed by atoms with van der Waals surface area (Å²) in [6.07, 6.45) is 0. The van der Waals surface area contributed by atoms with Crippen molar-refractivity contribution in [3.63, 3.8) is 0 Å². The Morgan fingerprint density at radius 1 is 0.451 bits per heavy atom. The molecule has 0 saturated carbocycles. The molecule has 1 aliphatic rings. The van der Waals surface area contributed by atoms with E-state index in [1.807, 2.05) is 0 Å². The van der Waals surface area contributed by atoms with Crippen molar-refractivity contribution in [2.45, 2.75) is 19.3 Å². The van der Waals surface area contributed by atoms with Gasteiger partial charge in [-0.3, -0.25) is 0 Å². The highest BCUT2D eigenvalue weighted by Gasteiger charge is 2.38. The van der Waals surface area contributed by atoms with E-state index in [0.717, 1.165) is 39.0 Å². The molecule has 0 saturated heterocycles. The van der Waals surface area contributed by atoms with Gasteiger partial charge >= 0.3 is 0 Å². The maximum Gasteiger partial charge on any atom is 0.159 e. The third-order valence-electron chi connectivity index (χ3n) is 10.9. The Morgan fingerprint density at radius 2 is 1.04 bits per heavy atom. The zero-order chi connectivity index (χ0) is 34.1. The summed E-state index contributed by atoms with van der Waals surface area (Å²) in [7, 11) is 0. The smallest absolute Gasteiger partial charge is 0.159 e. The van der Waals surface area contributed by atoms with E-state index in [2.05, 4.69) is 195 Å². The quantitative estimate of drug-likeness (QED) is 0.184. The number of rotatable bonds is 5. The lowest BCUT2D eigenvalue weighted by atomic mass is 9.82. The minimum absolute atomic E-state index is 0.117. The molecule has 10 rings (SSSR count). The van der Waals surface area contributed by atoms with Gasteiger partial charge in [-0.25, -0.2) is 0 Å². The second kappa shape index (κ2) is 11.3. The maximum absolute atomic E-state index is 6.84. The molecule has 9 aromatic rings. The van der Waals surface area contributed by atoms with Crippen molar-refractivity contribution in [3.05, 3.63) is 187 Å². The number of hydrogen-bond donors (Lipinski definition) is 0. The van der Waals surface area contributed by atoms with Crippen LogP contribution in [0.15, 0.2) is 180 Å². The van der Waals surface area contributed by atoms with E-state index >= 15 is 0 Å². The minimum Gasteiger partial charge on any atom is -0.454 e. The first-order valence-electron chi connectivity index (χ1n) is 17.7. The van der Waals surface area contributed by atoms with Crippen LogP contribution in [0.3, 0.4) is 0 Å². The first-order chi connectivity index (χ1) is 25.1. The Bertz CT molecular complexity index is 2750. The number of benzene rings is 8. The minimum atomic E-state index is -0.117. The molecule has 0 spiro atoms. The number of hydrogen-bond acceptors (Lipinski definition) is 2. The summed E-state index contributed by atoms with van der Waals surface area (Å²) < 4.78 is 6.84. The second-order valence-corrected chi connectivity index (χ2v) is 14.1. The molecule has 0 unspecified atom stereocenters. The topological polar surface area (TPSA) is 16.4 Å². The normalized spacial score (nSPS) is 13.1. The molecule has 0 N–H and O–H groups in total. The van der Waals surface area contributed by atoms with Gasteiger partial charge in [0, 0.05) is 27.4 Å². The molecular formula is C49H35NO. The number of nitrogens with zero attached hydrogens (tertiary/aromatic N) is 1. The van der Waals surface area contributed by atoms with Crippen LogP contribution in [0.2, 0.25) is 0 Å². The molecule has 0 amide bonds. The van der Waals surface area contributed by atoms with Crippen molar-refractivity contribution in [2.24, 2.45) is 0 Å². The number of furan rings is 1. The van der Waals surface area contributed by atoms with Crippen LogP contribution >= 0.6 is 0 Å². The van der Waals surface area contributed by atoms with Crippen molar-refractivity contribution < 1.29 is 4.42 Å². The summed E-state index contributed by atoms with van der Waals surface area (Å²) >= 11 is 0. The fourth-order valence-electron chi connectivity index (χ4n) is 8.35. The van der Waals surface area contributed by atoms with Crippen LogP contribution in [0.5, 0.6) is 0 Å². The number of fused-ring (bicyclic) bond motifs is 8. The Balaban J connectivity index is 1.17. The molecule has 8 aromatic carbocycles. The molecule has 2 nitrogen and oxygen atoms in total. The largest absolute Gasteiger partial charge is 0.454 e. The summed E-state index contributed by atoms with van der Waals surface area (Å²) in [5.74, 6) is 0. The highest BCUT2D eigenvalue weighted by molar-refractivity contribution is 6.21. The van der Waals surface area contributed by atoms with Crippen molar-refractivity contribution in [3.8, 4) is 33.4 Å². The van der Waals surface area contributed by atoms with Crippen LogP contribution < -0.4 is 4.90 Å². The van der Waals surface area contributed by atoms with E-state index in [1.54, 1.807) is 0 Å². The molecule has 242 valence electrons. The van der Waals surface area contributed by atoms with Gasteiger partial charge in [-0.1, -0.05) is 159 Å². The van der Waals surface area contributed by atoms with Crippen LogP contribution in [0.25, 0.3) is 66.1 Å². The van der Waals surface area contributed by atoms with Gasteiger partial charge in [0.2, 0.25) is 0 Å². The Kier molecular flexibility index (Phi) is 6.56. The molecule has 0 bridgehead atoms. The van der Waals surface area contributed by atoms with Crippen LogP contribution in [0.4, 0.5) is 17.1 Å². The summed E-state index contributed by atoms with van der Waals surface area (Å²) in [6.45, 7) is 4.68. The lowest BCUT2D eigenvalue weighted by Gasteiger charge is -2.29. The predicted molar refractivity (Wildman–Crippen MR) is 214 cm³/mol. The highest BCUT2D eigenvalue weighted by atomic mass is 16.3. The first-order valence-corrected chi connectivity index (χ1v) is 17.7. The number of anilines is 3. The van der Waals surface area contributed by atoms with E-state index in [9.17, 15) is 0 Å². The van der Waals surface area contributed by atoms with Crippen LogP contribution in [0.1, 0.15) is 25.0 Å². The second-order valence-electron chi connectivity index (χ2n) is 14.1. The van der Waals surface area contributed by atoms with Crippen LogP contribution in [-0.4, -0.2) is 0 Å². The zero-order valence-electron chi connectivity index (χ0n) is 28.6. The summed E-state index contributed by atoms with van der Waals surface area (Å²) in [4.78, 5) is 2.41. The molecule has 0 aliphatic heterocycles. The van der Waals surface area contributed by atoms with Gasteiger partial charge in [0.15, 0.2) is 5.58 Å². The Hall–Kier alpha value is -6.38. The molecule has 51 heavy (non-hydrogen) atoms. The zero-order valence-corrected chi connectivity index (χ0v) is 28.6. The van der Waals surface area contributed by atoms with Gasteiger partial charge < -0.3 is 9.32 Å². The first kappa shape index (κ1) is 29.5. The van der Waals surface area contributed by atoms with E-state index in [-0.39, 0.29) is 5.41 Å². The SMILES string of the molecule is CC1(C)c2ccccc2-c2c(N(c3ccc(-c4ccc(-c5ccccc5)cc4)cc3)c3cccc4c3oc3ccc5ccccc5c34)cccc21. The monoisotopic (exact) mass is 653 g/mol. The van der Waals surface area contributed by atoms with Crippen molar-refractivity contribution in [1.82, 2.24) is 0 Å². The number of para-hydroxylation sites is 1. The highest BCUT2D eigenvalue weighted by Crippen LogP contribution is 2.55. The molecule has 2 heteroatoms. The van der Waals surface area contributed by atoms with Gasteiger partial charge in [-0.15, -0.1) is 0 Å².